The minimum absolute atomic E-state index is 0.210. The third kappa shape index (κ3) is 4.25. The summed E-state index contributed by atoms with van der Waals surface area (Å²) < 4.78 is 0. The lowest BCUT2D eigenvalue weighted by Gasteiger charge is -2.14. The first-order valence-corrected chi connectivity index (χ1v) is 8.66. The summed E-state index contributed by atoms with van der Waals surface area (Å²) in [5, 5.41) is 6.30. The Morgan fingerprint density at radius 3 is 2.77 bits per heavy atom. The molecule has 26 heavy (non-hydrogen) atoms. The third-order valence-electron chi connectivity index (χ3n) is 4.18. The van der Waals surface area contributed by atoms with Gasteiger partial charge in [0.05, 0.1) is 0 Å². The van der Waals surface area contributed by atoms with E-state index in [9.17, 15) is 4.79 Å². The highest BCUT2D eigenvalue weighted by atomic mass is 16.1. The van der Waals surface area contributed by atoms with Gasteiger partial charge in [0.15, 0.2) is 0 Å². The van der Waals surface area contributed by atoms with Crippen LogP contribution in [-0.4, -0.2) is 15.9 Å². The fourth-order valence-electron chi connectivity index (χ4n) is 2.75. The average Bonchev–Trinajstić information content (AvgIpc) is 2.68. The molecule has 132 valence electrons. The molecule has 0 atom stereocenters. The summed E-state index contributed by atoms with van der Waals surface area (Å²) >= 11 is 0. The molecule has 5 heteroatoms. The maximum Gasteiger partial charge on any atom is 0.270 e. The van der Waals surface area contributed by atoms with Gasteiger partial charge in [0.25, 0.3) is 5.91 Å². The van der Waals surface area contributed by atoms with Gasteiger partial charge in [-0.1, -0.05) is 31.2 Å². The van der Waals surface area contributed by atoms with Gasteiger partial charge in [-0.3, -0.25) is 14.8 Å². The summed E-state index contributed by atoms with van der Waals surface area (Å²) in [5.74, 6) is -0.210. The number of carbonyl (C=O) groups is 1. The standard InChI is InChI=1S/C21H22N4O/c1-3-17-8-4-6-15(2)20(17)25-18-9-11-23-19(12-18)21(26)24-14-16-7-5-10-22-13-16/h4-13H,3,14H2,1-2H3,(H,23,25)(H,24,26). The number of benzene rings is 1. The highest BCUT2D eigenvalue weighted by molar-refractivity contribution is 5.93. The van der Waals surface area contributed by atoms with Gasteiger partial charge in [-0.25, -0.2) is 0 Å². The van der Waals surface area contributed by atoms with E-state index >= 15 is 0 Å². The molecule has 0 saturated heterocycles. The van der Waals surface area contributed by atoms with Crippen LogP contribution in [0.1, 0.15) is 34.1 Å². The molecule has 0 aliphatic rings. The Morgan fingerprint density at radius 2 is 2.00 bits per heavy atom. The van der Waals surface area contributed by atoms with Crippen molar-refractivity contribution in [1.29, 1.82) is 0 Å². The Bertz CT molecular complexity index is 894. The van der Waals surface area contributed by atoms with Crippen molar-refractivity contribution < 1.29 is 4.79 Å². The minimum Gasteiger partial charge on any atom is -0.355 e. The number of nitrogens with one attached hydrogen (secondary N) is 2. The number of rotatable bonds is 6. The molecule has 0 aliphatic heterocycles. The molecular formula is C21H22N4O. The molecule has 2 N–H and O–H groups in total. The number of amides is 1. The molecule has 3 aromatic rings. The van der Waals surface area contributed by atoms with Gasteiger partial charge < -0.3 is 10.6 Å². The number of aromatic nitrogens is 2. The van der Waals surface area contributed by atoms with Crippen LogP contribution in [0.25, 0.3) is 0 Å². The largest absolute Gasteiger partial charge is 0.355 e. The van der Waals surface area contributed by atoms with Gasteiger partial charge >= 0.3 is 0 Å². The number of anilines is 2. The Balaban J connectivity index is 1.73. The third-order valence-corrected chi connectivity index (χ3v) is 4.18. The maximum absolute atomic E-state index is 12.4. The number of carbonyl (C=O) groups excluding carboxylic acids is 1. The van der Waals surface area contributed by atoms with E-state index in [4.69, 9.17) is 0 Å². The van der Waals surface area contributed by atoms with Crippen LogP contribution in [-0.2, 0) is 13.0 Å². The zero-order chi connectivity index (χ0) is 18.4. The second-order valence-electron chi connectivity index (χ2n) is 6.06. The first kappa shape index (κ1) is 17.6. The Kier molecular flexibility index (Phi) is 5.59. The van der Waals surface area contributed by atoms with Crippen LogP contribution in [0.3, 0.4) is 0 Å². The van der Waals surface area contributed by atoms with Crippen LogP contribution in [0.2, 0.25) is 0 Å². The van der Waals surface area contributed by atoms with E-state index in [0.717, 1.165) is 23.4 Å². The molecule has 0 fully saturated rings. The molecule has 0 bridgehead atoms. The fourth-order valence-corrected chi connectivity index (χ4v) is 2.75. The van der Waals surface area contributed by atoms with Crippen molar-refractivity contribution in [3.8, 4) is 0 Å². The first-order chi connectivity index (χ1) is 12.7. The van der Waals surface area contributed by atoms with Gasteiger partial charge in [0.1, 0.15) is 5.69 Å². The predicted molar refractivity (Wildman–Crippen MR) is 103 cm³/mol. The summed E-state index contributed by atoms with van der Waals surface area (Å²) in [4.78, 5) is 20.6. The van der Waals surface area contributed by atoms with Gasteiger partial charge in [-0.15, -0.1) is 0 Å². The average molecular weight is 346 g/mol. The molecule has 0 aliphatic carbocycles. The van der Waals surface area contributed by atoms with Crippen LogP contribution in [0.5, 0.6) is 0 Å². The molecule has 2 aromatic heterocycles. The number of para-hydroxylation sites is 1. The van der Waals surface area contributed by atoms with Crippen LogP contribution in [0.4, 0.5) is 11.4 Å². The number of hydrogen-bond donors (Lipinski definition) is 2. The lowest BCUT2D eigenvalue weighted by Crippen LogP contribution is -2.23. The zero-order valence-corrected chi connectivity index (χ0v) is 15.0. The molecule has 1 amide bonds. The van der Waals surface area contributed by atoms with E-state index < -0.39 is 0 Å². The van der Waals surface area contributed by atoms with Crippen molar-refractivity contribution in [1.82, 2.24) is 15.3 Å². The van der Waals surface area contributed by atoms with Crippen LogP contribution in [0.15, 0.2) is 61.1 Å². The molecule has 3 rings (SSSR count). The maximum atomic E-state index is 12.4. The zero-order valence-electron chi connectivity index (χ0n) is 15.0. The first-order valence-electron chi connectivity index (χ1n) is 8.66. The number of nitrogens with zero attached hydrogens (tertiary/aromatic N) is 2. The molecule has 0 radical (unpaired) electrons. The molecule has 2 heterocycles. The molecule has 0 saturated carbocycles. The second kappa shape index (κ2) is 8.25. The SMILES string of the molecule is CCc1cccc(C)c1Nc1ccnc(C(=O)NCc2cccnc2)c1. The van der Waals surface area contributed by atoms with Crippen LogP contribution in [0, 0.1) is 6.92 Å². The topological polar surface area (TPSA) is 66.9 Å². The number of pyridine rings is 2. The van der Waals surface area contributed by atoms with E-state index in [0.29, 0.717) is 12.2 Å². The highest BCUT2D eigenvalue weighted by Crippen LogP contribution is 2.25. The summed E-state index contributed by atoms with van der Waals surface area (Å²) in [6.07, 6.45) is 6.02. The normalized spacial score (nSPS) is 10.4. The predicted octanol–water partition coefficient (Wildman–Crippen LogP) is 4.02. The highest BCUT2D eigenvalue weighted by Gasteiger charge is 2.10. The van der Waals surface area contributed by atoms with Crippen LogP contribution >= 0.6 is 0 Å². The fraction of sp³-hybridized carbons (Fsp3) is 0.190. The Labute approximate surface area is 153 Å². The molecular weight excluding hydrogens is 324 g/mol. The molecule has 5 nitrogen and oxygen atoms in total. The smallest absolute Gasteiger partial charge is 0.270 e. The van der Waals surface area contributed by atoms with E-state index in [2.05, 4.69) is 52.6 Å². The van der Waals surface area contributed by atoms with Crippen molar-refractivity contribution in [3.63, 3.8) is 0 Å². The van der Waals surface area contributed by atoms with Crippen LogP contribution < -0.4 is 10.6 Å². The summed E-state index contributed by atoms with van der Waals surface area (Å²) in [6.45, 7) is 4.62. The van der Waals surface area contributed by atoms with Gasteiger partial charge in [-0.05, 0) is 48.2 Å². The van der Waals surface area contributed by atoms with Crippen molar-refractivity contribution in [3.05, 3.63) is 83.4 Å². The van der Waals surface area contributed by atoms with Crippen molar-refractivity contribution in [2.75, 3.05) is 5.32 Å². The van der Waals surface area contributed by atoms with E-state index in [1.54, 1.807) is 24.7 Å². The molecule has 0 spiro atoms. The second-order valence-corrected chi connectivity index (χ2v) is 6.06. The van der Waals surface area contributed by atoms with Crippen molar-refractivity contribution >= 4 is 17.3 Å². The minimum atomic E-state index is -0.210. The van der Waals surface area contributed by atoms with E-state index in [-0.39, 0.29) is 5.91 Å². The summed E-state index contributed by atoms with van der Waals surface area (Å²) in [5.41, 5.74) is 5.67. The van der Waals surface area contributed by atoms with Gasteiger partial charge in [0.2, 0.25) is 0 Å². The Hall–Kier alpha value is -3.21. The monoisotopic (exact) mass is 346 g/mol. The number of hydrogen-bond acceptors (Lipinski definition) is 4. The van der Waals surface area contributed by atoms with Gasteiger partial charge in [0, 0.05) is 36.5 Å². The quantitative estimate of drug-likeness (QED) is 0.707. The van der Waals surface area contributed by atoms with Crippen molar-refractivity contribution in [2.45, 2.75) is 26.8 Å². The van der Waals surface area contributed by atoms with Crippen molar-refractivity contribution in [2.24, 2.45) is 0 Å². The Morgan fingerprint density at radius 1 is 1.12 bits per heavy atom. The van der Waals surface area contributed by atoms with E-state index in [1.807, 2.05) is 18.2 Å². The molecule has 1 aromatic carbocycles. The lowest BCUT2D eigenvalue weighted by molar-refractivity contribution is 0.0946. The lowest BCUT2D eigenvalue weighted by atomic mass is 10.1. The molecule has 0 unspecified atom stereocenters. The number of aryl methyl sites for hydroxylation is 2. The van der Waals surface area contributed by atoms with Gasteiger partial charge in [-0.2, -0.15) is 0 Å². The van der Waals surface area contributed by atoms with E-state index in [1.165, 1.54) is 11.1 Å². The summed E-state index contributed by atoms with van der Waals surface area (Å²) in [7, 11) is 0. The summed E-state index contributed by atoms with van der Waals surface area (Å²) in [6, 6.07) is 13.6.